The third kappa shape index (κ3) is 3.97. The van der Waals surface area contributed by atoms with Gasteiger partial charge in [0.2, 0.25) is 0 Å². The molecule has 1 aromatic carbocycles. The van der Waals surface area contributed by atoms with E-state index in [0.29, 0.717) is 12.0 Å². The highest BCUT2D eigenvalue weighted by atomic mass is 16.5. The molecule has 0 spiro atoms. The van der Waals surface area contributed by atoms with Crippen molar-refractivity contribution in [1.82, 2.24) is 5.32 Å². The highest BCUT2D eigenvalue weighted by Gasteiger charge is 2.21. The second-order valence-corrected chi connectivity index (χ2v) is 5.27. The molecule has 2 atom stereocenters. The van der Waals surface area contributed by atoms with E-state index in [0.717, 1.165) is 26.2 Å². The van der Waals surface area contributed by atoms with Crippen LogP contribution in [0.4, 0.5) is 0 Å². The first kappa shape index (κ1) is 13.3. The normalized spacial score (nSPS) is 20.8. The molecule has 1 aliphatic heterocycles. The number of rotatable bonds is 6. The number of ether oxygens (including phenoxy) is 1. The number of hydrogen-bond acceptors (Lipinski definition) is 2. The molecule has 0 amide bonds. The van der Waals surface area contributed by atoms with Crippen molar-refractivity contribution in [2.75, 3.05) is 19.8 Å². The van der Waals surface area contributed by atoms with Crippen molar-refractivity contribution < 1.29 is 4.74 Å². The van der Waals surface area contributed by atoms with Gasteiger partial charge in [0, 0.05) is 25.8 Å². The predicted molar refractivity (Wildman–Crippen MR) is 75.5 cm³/mol. The fourth-order valence-electron chi connectivity index (χ4n) is 2.42. The maximum Gasteiger partial charge on any atom is 0.0495 e. The lowest BCUT2D eigenvalue weighted by Crippen LogP contribution is -2.25. The molecule has 0 saturated carbocycles. The minimum atomic E-state index is 0.412. The maximum atomic E-state index is 5.47. The summed E-state index contributed by atoms with van der Waals surface area (Å²) in [6.45, 7) is 8.75. The van der Waals surface area contributed by atoms with Crippen LogP contribution in [-0.2, 0) is 4.74 Å². The fourth-order valence-corrected chi connectivity index (χ4v) is 2.42. The van der Waals surface area contributed by atoms with Crippen LogP contribution in [0.15, 0.2) is 42.5 Å². The largest absolute Gasteiger partial charge is 0.381 e. The van der Waals surface area contributed by atoms with Crippen LogP contribution in [0.25, 0.3) is 0 Å². The molecule has 1 N–H and O–H groups in total. The van der Waals surface area contributed by atoms with Crippen molar-refractivity contribution in [2.24, 2.45) is 5.92 Å². The summed E-state index contributed by atoms with van der Waals surface area (Å²) < 4.78 is 5.47. The van der Waals surface area contributed by atoms with Crippen molar-refractivity contribution in [3.05, 3.63) is 48.0 Å². The zero-order valence-corrected chi connectivity index (χ0v) is 11.2. The Hall–Kier alpha value is -1.12. The van der Waals surface area contributed by atoms with E-state index >= 15 is 0 Å². The van der Waals surface area contributed by atoms with Crippen molar-refractivity contribution in [3.63, 3.8) is 0 Å². The second-order valence-electron chi connectivity index (χ2n) is 5.27. The highest BCUT2D eigenvalue weighted by Crippen LogP contribution is 2.26. The van der Waals surface area contributed by atoms with Gasteiger partial charge in [0.1, 0.15) is 0 Å². The van der Waals surface area contributed by atoms with Gasteiger partial charge in [0.25, 0.3) is 0 Å². The van der Waals surface area contributed by atoms with E-state index in [2.05, 4.69) is 49.2 Å². The molecule has 0 bridgehead atoms. The van der Waals surface area contributed by atoms with Crippen LogP contribution < -0.4 is 5.32 Å². The minimum absolute atomic E-state index is 0.412. The summed E-state index contributed by atoms with van der Waals surface area (Å²) >= 11 is 0. The summed E-state index contributed by atoms with van der Waals surface area (Å²) in [7, 11) is 0. The molecule has 2 heteroatoms. The van der Waals surface area contributed by atoms with Gasteiger partial charge in [-0.25, -0.2) is 0 Å². The molecule has 98 valence electrons. The first-order chi connectivity index (χ1) is 8.75. The van der Waals surface area contributed by atoms with Gasteiger partial charge >= 0.3 is 0 Å². The van der Waals surface area contributed by atoms with Crippen LogP contribution in [-0.4, -0.2) is 19.8 Å². The van der Waals surface area contributed by atoms with Crippen molar-refractivity contribution in [3.8, 4) is 0 Å². The number of nitrogens with one attached hydrogen (secondary N) is 1. The number of benzene rings is 1. The molecule has 2 rings (SSSR count). The Balaban J connectivity index is 1.99. The van der Waals surface area contributed by atoms with Crippen LogP contribution >= 0.6 is 0 Å². The van der Waals surface area contributed by atoms with Gasteiger partial charge in [0.15, 0.2) is 0 Å². The van der Waals surface area contributed by atoms with Gasteiger partial charge in [-0.05, 0) is 31.2 Å². The predicted octanol–water partition coefficient (Wildman–Crippen LogP) is 3.32. The standard InChI is InChI=1S/C16H23NO/c1-13(2)11-17-16(10-14-8-9-18-12-14)15-6-4-3-5-7-15/h3-7,14,16-17H,1,8-12H2,2H3/t14-,16-/m0/s1. The van der Waals surface area contributed by atoms with Crippen molar-refractivity contribution >= 4 is 0 Å². The molecule has 0 radical (unpaired) electrons. The molecular weight excluding hydrogens is 222 g/mol. The Bertz CT molecular complexity index is 368. The SMILES string of the molecule is C=C(C)CN[C@@H](C[C@@H]1CCOC1)c1ccccc1. The number of hydrogen-bond donors (Lipinski definition) is 1. The first-order valence-corrected chi connectivity index (χ1v) is 6.76. The summed E-state index contributed by atoms with van der Waals surface area (Å²) in [5, 5.41) is 3.61. The highest BCUT2D eigenvalue weighted by molar-refractivity contribution is 5.19. The quantitative estimate of drug-likeness (QED) is 0.776. The van der Waals surface area contributed by atoms with Gasteiger partial charge in [-0.3, -0.25) is 0 Å². The zero-order valence-electron chi connectivity index (χ0n) is 11.2. The second kappa shape index (κ2) is 6.72. The lowest BCUT2D eigenvalue weighted by molar-refractivity contribution is 0.181. The van der Waals surface area contributed by atoms with E-state index < -0.39 is 0 Å². The lowest BCUT2D eigenvalue weighted by atomic mass is 9.94. The van der Waals surface area contributed by atoms with Crippen LogP contribution in [0.1, 0.15) is 31.4 Å². The summed E-state index contributed by atoms with van der Waals surface area (Å²) in [4.78, 5) is 0. The van der Waals surface area contributed by atoms with Crippen molar-refractivity contribution in [1.29, 1.82) is 0 Å². The van der Waals surface area contributed by atoms with Crippen molar-refractivity contribution in [2.45, 2.75) is 25.8 Å². The summed E-state index contributed by atoms with van der Waals surface area (Å²) in [5.41, 5.74) is 2.55. The third-order valence-electron chi connectivity index (χ3n) is 3.45. The summed E-state index contributed by atoms with van der Waals surface area (Å²) in [6, 6.07) is 11.1. The Labute approximate surface area is 110 Å². The molecule has 1 aromatic rings. The van der Waals surface area contributed by atoms with Gasteiger partial charge < -0.3 is 10.1 Å². The monoisotopic (exact) mass is 245 g/mol. The lowest BCUT2D eigenvalue weighted by Gasteiger charge is -2.22. The Morgan fingerprint density at radius 1 is 1.44 bits per heavy atom. The Morgan fingerprint density at radius 3 is 2.83 bits per heavy atom. The van der Waals surface area contributed by atoms with E-state index in [1.54, 1.807) is 0 Å². The van der Waals surface area contributed by atoms with E-state index in [1.807, 2.05) is 0 Å². The van der Waals surface area contributed by atoms with Gasteiger partial charge in [-0.15, -0.1) is 0 Å². The Morgan fingerprint density at radius 2 is 2.22 bits per heavy atom. The maximum absolute atomic E-state index is 5.47. The van der Waals surface area contributed by atoms with E-state index in [1.165, 1.54) is 17.6 Å². The summed E-state index contributed by atoms with van der Waals surface area (Å²) in [6.07, 6.45) is 2.34. The van der Waals surface area contributed by atoms with E-state index in [9.17, 15) is 0 Å². The average molecular weight is 245 g/mol. The molecule has 0 aliphatic carbocycles. The summed E-state index contributed by atoms with van der Waals surface area (Å²) in [5.74, 6) is 0.688. The van der Waals surface area contributed by atoms with E-state index in [-0.39, 0.29) is 0 Å². The fraction of sp³-hybridized carbons (Fsp3) is 0.500. The van der Waals surface area contributed by atoms with Crippen LogP contribution in [0.3, 0.4) is 0 Å². The molecular formula is C16H23NO. The average Bonchev–Trinajstić information content (AvgIpc) is 2.88. The Kier molecular flexibility index (Phi) is 4.97. The third-order valence-corrected chi connectivity index (χ3v) is 3.45. The minimum Gasteiger partial charge on any atom is -0.381 e. The topological polar surface area (TPSA) is 21.3 Å². The molecule has 1 aliphatic rings. The molecule has 0 aromatic heterocycles. The van der Waals surface area contributed by atoms with Gasteiger partial charge in [-0.1, -0.05) is 42.5 Å². The van der Waals surface area contributed by atoms with Crippen LogP contribution in [0.5, 0.6) is 0 Å². The molecule has 2 nitrogen and oxygen atoms in total. The molecule has 1 heterocycles. The first-order valence-electron chi connectivity index (χ1n) is 6.76. The van der Waals surface area contributed by atoms with Gasteiger partial charge in [-0.2, -0.15) is 0 Å². The molecule has 0 unspecified atom stereocenters. The smallest absolute Gasteiger partial charge is 0.0495 e. The molecule has 1 fully saturated rings. The zero-order chi connectivity index (χ0) is 12.8. The van der Waals surface area contributed by atoms with Crippen LogP contribution in [0.2, 0.25) is 0 Å². The van der Waals surface area contributed by atoms with Crippen LogP contribution in [0, 0.1) is 5.92 Å². The molecule has 1 saturated heterocycles. The molecule has 18 heavy (non-hydrogen) atoms. The van der Waals surface area contributed by atoms with E-state index in [4.69, 9.17) is 4.74 Å². The van der Waals surface area contributed by atoms with Gasteiger partial charge in [0.05, 0.1) is 0 Å².